The number of carbonyl (C=O) groups is 1. The summed E-state index contributed by atoms with van der Waals surface area (Å²) >= 11 is 0. The van der Waals surface area contributed by atoms with Crippen molar-refractivity contribution in [2.24, 2.45) is 5.92 Å². The van der Waals surface area contributed by atoms with Gasteiger partial charge < -0.3 is 24.0 Å². The summed E-state index contributed by atoms with van der Waals surface area (Å²) in [6.07, 6.45) is 3.03. The van der Waals surface area contributed by atoms with Gasteiger partial charge in [-0.2, -0.15) is 5.26 Å². The van der Waals surface area contributed by atoms with E-state index in [0.717, 1.165) is 11.4 Å². The zero-order valence-corrected chi connectivity index (χ0v) is 20.9. The van der Waals surface area contributed by atoms with Crippen LogP contribution in [-0.4, -0.2) is 75.2 Å². The van der Waals surface area contributed by atoms with E-state index >= 15 is 0 Å². The average molecular weight is 513 g/mol. The molecule has 1 aromatic carbocycles. The Morgan fingerprint density at radius 1 is 1.19 bits per heavy atom. The molecule has 0 unspecified atom stereocenters. The Labute approximate surface area is 210 Å². The van der Waals surface area contributed by atoms with Gasteiger partial charge in [-0.05, 0) is 31.0 Å². The topological polar surface area (TPSA) is 122 Å². The van der Waals surface area contributed by atoms with Gasteiger partial charge in [0.2, 0.25) is 11.8 Å². The fourth-order valence-corrected chi connectivity index (χ4v) is 6.47. The van der Waals surface area contributed by atoms with Gasteiger partial charge in [0.05, 0.1) is 49.3 Å². The molecule has 0 N–H and O–H groups in total. The third kappa shape index (κ3) is 4.91. The lowest BCUT2D eigenvalue weighted by Gasteiger charge is -2.31. The fourth-order valence-electron chi connectivity index (χ4n) is 4.98. The summed E-state index contributed by atoms with van der Waals surface area (Å²) in [4.78, 5) is 21.0. The van der Waals surface area contributed by atoms with Gasteiger partial charge in [0, 0.05) is 24.9 Å². The molecule has 1 amide bonds. The molecule has 36 heavy (non-hydrogen) atoms. The van der Waals surface area contributed by atoms with E-state index in [1.807, 2.05) is 23.1 Å². The smallest absolute Gasteiger partial charge is 0.231 e. The van der Waals surface area contributed by atoms with Gasteiger partial charge in [0.15, 0.2) is 0 Å². The maximum absolute atomic E-state index is 12.9. The van der Waals surface area contributed by atoms with Crippen LogP contribution in [0.3, 0.4) is 0 Å². The number of carbonyl (C=O) groups excluding carboxylic acids is 1. The van der Waals surface area contributed by atoms with Gasteiger partial charge in [-0.25, -0.2) is 13.4 Å². The third-order valence-corrected chi connectivity index (χ3v) is 8.63. The number of hydrogen-bond donors (Lipinski definition) is 0. The molecule has 2 fully saturated rings. The van der Waals surface area contributed by atoms with Crippen molar-refractivity contribution >= 4 is 27.1 Å². The number of benzene rings is 1. The first-order valence-electron chi connectivity index (χ1n) is 12.0. The number of anilines is 2. The first-order valence-corrected chi connectivity index (χ1v) is 13.8. The molecule has 1 atom stereocenters. The van der Waals surface area contributed by atoms with Crippen LogP contribution in [0, 0.1) is 17.2 Å². The number of likely N-dealkylation sites (tertiary alicyclic amines) is 1. The first-order chi connectivity index (χ1) is 17.4. The van der Waals surface area contributed by atoms with Gasteiger partial charge in [0.1, 0.15) is 45.7 Å². The van der Waals surface area contributed by atoms with Gasteiger partial charge in [-0.15, -0.1) is 0 Å². The number of hydrogen-bond acceptors (Lipinski definition) is 9. The van der Waals surface area contributed by atoms with E-state index in [0.29, 0.717) is 62.6 Å². The Balaban J connectivity index is 1.28. The zero-order chi connectivity index (χ0) is 25.3. The summed E-state index contributed by atoms with van der Waals surface area (Å²) in [6, 6.07) is 9.48. The number of amides is 1. The predicted octanol–water partition coefficient (Wildman–Crippen LogP) is 2.30. The molecule has 3 aliphatic heterocycles. The molecular formula is C25H28N4O6S. The maximum Gasteiger partial charge on any atom is 0.231 e. The fraction of sp³-hybridized carbons (Fsp3) is 0.480. The Morgan fingerprint density at radius 2 is 2.00 bits per heavy atom. The summed E-state index contributed by atoms with van der Waals surface area (Å²) in [6.45, 7) is 2.15. The number of ether oxygens (including phenoxy) is 3. The highest BCUT2D eigenvalue weighted by Crippen LogP contribution is 2.40. The summed E-state index contributed by atoms with van der Waals surface area (Å²) < 4.78 is 40.6. The molecule has 0 spiro atoms. The Bertz CT molecular complexity index is 1290. The lowest BCUT2D eigenvalue weighted by Crippen LogP contribution is -2.39. The summed E-state index contributed by atoms with van der Waals surface area (Å²) in [7, 11) is -1.52. The van der Waals surface area contributed by atoms with Crippen LogP contribution in [0.2, 0.25) is 0 Å². The third-order valence-electron chi connectivity index (χ3n) is 6.92. The van der Waals surface area contributed by atoms with Crippen LogP contribution in [0.15, 0.2) is 30.5 Å². The summed E-state index contributed by atoms with van der Waals surface area (Å²) in [5.74, 6) is 1.63. The second-order valence-electron chi connectivity index (χ2n) is 9.23. The summed E-state index contributed by atoms with van der Waals surface area (Å²) in [5, 5.41) is 9.45. The second kappa shape index (κ2) is 9.85. The van der Waals surface area contributed by atoms with Crippen molar-refractivity contribution in [1.29, 1.82) is 5.26 Å². The Hall–Kier alpha value is -3.52. The van der Waals surface area contributed by atoms with Crippen molar-refractivity contribution in [2.75, 3.05) is 49.8 Å². The molecule has 5 rings (SSSR count). The van der Waals surface area contributed by atoms with Crippen molar-refractivity contribution < 1.29 is 27.4 Å². The minimum atomic E-state index is -3.00. The minimum absolute atomic E-state index is 0.0290. The zero-order valence-electron chi connectivity index (χ0n) is 20.1. The van der Waals surface area contributed by atoms with Crippen LogP contribution in [0.4, 0.5) is 11.4 Å². The second-order valence-corrected chi connectivity index (χ2v) is 11.5. The van der Waals surface area contributed by atoms with Crippen molar-refractivity contribution in [3.8, 4) is 23.4 Å². The number of nitriles is 1. The number of rotatable bonds is 5. The highest BCUT2D eigenvalue weighted by molar-refractivity contribution is 7.91. The number of methoxy groups -OCH3 is 1. The molecule has 2 saturated heterocycles. The van der Waals surface area contributed by atoms with Gasteiger partial charge >= 0.3 is 0 Å². The number of nitrogens with zero attached hydrogens (tertiary/aromatic N) is 4. The van der Waals surface area contributed by atoms with Crippen LogP contribution in [-0.2, 0) is 14.6 Å². The molecule has 4 heterocycles. The van der Waals surface area contributed by atoms with Crippen molar-refractivity contribution in [3.63, 3.8) is 0 Å². The van der Waals surface area contributed by atoms with E-state index in [9.17, 15) is 18.5 Å². The van der Waals surface area contributed by atoms with Crippen molar-refractivity contribution in [2.45, 2.75) is 25.4 Å². The standard InChI is InChI=1S/C25H28N4O6S/c1-33-24-18(14-26)12-19(15-27-24)29-8-9-34-23-3-2-20(13-22(23)29)35-21-4-7-28(16-21)25(30)17-5-10-36(31,32)11-6-17/h2-3,12-13,15,17,21H,4-11,16H2,1H3/t21-/m0/s1. The highest BCUT2D eigenvalue weighted by Gasteiger charge is 2.35. The quantitative estimate of drug-likeness (QED) is 0.594. The van der Waals surface area contributed by atoms with E-state index in [1.165, 1.54) is 7.11 Å². The number of aromatic nitrogens is 1. The molecular weight excluding hydrogens is 484 g/mol. The molecule has 1 aromatic heterocycles. The monoisotopic (exact) mass is 512 g/mol. The first kappa shape index (κ1) is 24.2. The molecule has 0 saturated carbocycles. The van der Waals surface area contributed by atoms with Crippen LogP contribution >= 0.6 is 0 Å². The lowest BCUT2D eigenvalue weighted by atomic mass is 10.0. The average Bonchev–Trinajstić information content (AvgIpc) is 3.36. The SMILES string of the molecule is COc1ncc(N2CCOc3ccc(O[C@H]4CCN(C(=O)C5CCS(=O)(=O)CC5)C4)cc32)cc1C#N. The van der Waals surface area contributed by atoms with E-state index in [2.05, 4.69) is 11.1 Å². The Morgan fingerprint density at radius 3 is 2.75 bits per heavy atom. The van der Waals surface area contributed by atoms with Gasteiger partial charge in [-0.1, -0.05) is 0 Å². The molecule has 10 nitrogen and oxygen atoms in total. The van der Waals surface area contributed by atoms with E-state index < -0.39 is 9.84 Å². The largest absolute Gasteiger partial charge is 0.490 e. The highest BCUT2D eigenvalue weighted by atomic mass is 32.2. The predicted molar refractivity (Wildman–Crippen MR) is 131 cm³/mol. The molecule has 0 bridgehead atoms. The molecule has 11 heteroatoms. The van der Waals surface area contributed by atoms with E-state index in [1.54, 1.807) is 17.2 Å². The number of sulfone groups is 1. The molecule has 3 aliphatic rings. The maximum atomic E-state index is 12.9. The summed E-state index contributed by atoms with van der Waals surface area (Å²) in [5.41, 5.74) is 1.91. The van der Waals surface area contributed by atoms with Crippen LogP contribution < -0.4 is 19.1 Å². The molecule has 190 valence electrons. The number of pyridine rings is 1. The van der Waals surface area contributed by atoms with E-state index in [-0.39, 0.29) is 35.3 Å². The van der Waals surface area contributed by atoms with Crippen LogP contribution in [0.1, 0.15) is 24.8 Å². The lowest BCUT2D eigenvalue weighted by molar-refractivity contribution is -0.135. The molecule has 0 radical (unpaired) electrons. The van der Waals surface area contributed by atoms with Crippen LogP contribution in [0.25, 0.3) is 0 Å². The van der Waals surface area contributed by atoms with E-state index in [4.69, 9.17) is 14.2 Å². The number of fused-ring (bicyclic) bond motifs is 1. The Kier molecular flexibility index (Phi) is 6.62. The normalized spacial score (nSPS) is 21.3. The van der Waals surface area contributed by atoms with Crippen molar-refractivity contribution in [3.05, 3.63) is 36.0 Å². The molecule has 2 aromatic rings. The van der Waals surface area contributed by atoms with Gasteiger partial charge in [-0.3, -0.25) is 4.79 Å². The van der Waals surface area contributed by atoms with Crippen LogP contribution in [0.5, 0.6) is 17.4 Å². The minimum Gasteiger partial charge on any atom is -0.490 e. The molecule has 0 aliphatic carbocycles. The van der Waals surface area contributed by atoms with Crippen molar-refractivity contribution in [1.82, 2.24) is 9.88 Å². The van der Waals surface area contributed by atoms with Gasteiger partial charge in [0.25, 0.3) is 0 Å².